The second kappa shape index (κ2) is 5.14. The number of nitrogens with two attached hydrogens (primary N) is 1. The van der Waals surface area contributed by atoms with Gasteiger partial charge in [0, 0.05) is 6.04 Å². The summed E-state index contributed by atoms with van der Waals surface area (Å²) in [4.78, 5) is 0. The van der Waals surface area contributed by atoms with Crippen molar-refractivity contribution >= 4 is 0 Å². The summed E-state index contributed by atoms with van der Waals surface area (Å²) in [5.74, 6) is 0.627. The van der Waals surface area contributed by atoms with Crippen LogP contribution >= 0.6 is 0 Å². The number of hydrogen-bond donors (Lipinski definition) is 1. The Morgan fingerprint density at radius 3 is 2.31 bits per heavy atom. The van der Waals surface area contributed by atoms with Crippen molar-refractivity contribution < 1.29 is 0 Å². The van der Waals surface area contributed by atoms with Gasteiger partial charge in [0.25, 0.3) is 0 Å². The first-order valence-electron chi connectivity index (χ1n) is 6.07. The van der Waals surface area contributed by atoms with Gasteiger partial charge in [-0.3, -0.25) is 0 Å². The van der Waals surface area contributed by atoms with Crippen LogP contribution in [0.5, 0.6) is 0 Å². The summed E-state index contributed by atoms with van der Waals surface area (Å²) in [6.07, 6.45) is 6.49. The first-order valence-corrected chi connectivity index (χ1v) is 6.07. The minimum atomic E-state index is 0.146. The van der Waals surface area contributed by atoms with E-state index in [9.17, 15) is 0 Å². The standard InChI is InChI=1S/C14H18N2/c15-10-11-6-8-13(9-7-11)14(16)12-4-2-1-3-5-12/h6-9,12,14H,1-5,16H2/t14-/m1/s1. The zero-order valence-corrected chi connectivity index (χ0v) is 9.52. The predicted octanol–water partition coefficient (Wildman–Crippen LogP) is 3.14. The molecule has 0 heterocycles. The number of nitrogens with zero attached hydrogens (tertiary/aromatic N) is 1. The van der Waals surface area contributed by atoms with Crippen molar-refractivity contribution in [3.8, 4) is 6.07 Å². The minimum absolute atomic E-state index is 0.146. The average Bonchev–Trinajstić information content (AvgIpc) is 2.39. The molecule has 1 aliphatic carbocycles. The van der Waals surface area contributed by atoms with Gasteiger partial charge in [0.15, 0.2) is 0 Å². The Morgan fingerprint density at radius 2 is 1.75 bits per heavy atom. The van der Waals surface area contributed by atoms with Gasteiger partial charge in [-0.15, -0.1) is 0 Å². The Hall–Kier alpha value is -1.33. The molecule has 2 heteroatoms. The van der Waals surface area contributed by atoms with Crippen molar-refractivity contribution in [2.24, 2.45) is 11.7 Å². The zero-order chi connectivity index (χ0) is 11.4. The monoisotopic (exact) mass is 214 g/mol. The summed E-state index contributed by atoms with van der Waals surface area (Å²) in [6, 6.07) is 9.99. The normalized spacial score (nSPS) is 19.0. The Balaban J connectivity index is 2.07. The molecule has 0 saturated heterocycles. The van der Waals surface area contributed by atoms with Crippen LogP contribution in [0.1, 0.15) is 49.3 Å². The maximum absolute atomic E-state index is 8.73. The summed E-state index contributed by atoms with van der Waals surface area (Å²) in [5, 5.41) is 8.73. The topological polar surface area (TPSA) is 49.8 Å². The van der Waals surface area contributed by atoms with E-state index in [-0.39, 0.29) is 6.04 Å². The van der Waals surface area contributed by atoms with E-state index in [1.807, 2.05) is 24.3 Å². The molecule has 1 aliphatic rings. The molecular formula is C14H18N2. The number of rotatable bonds is 2. The number of nitriles is 1. The summed E-state index contributed by atoms with van der Waals surface area (Å²) >= 11 is 0. The van der Waals surface area contributed by atoms with Crippen molar-refractivity contribution in [2.45, 2.75) is 38.1 Å². The lowest BCUT2D eigenvalue weighted by molar-refractivity contribution is 0.308. The van der Waals surface area contributed by atoms with Gasteiger partial charge in [0.2, 0.25) is 0 Å². The highest BCUT2D eigenvalue weighted by Crippen LogP contribution is 2.32. The van der Waals surface area contributed by atoms with Crippen molar-refractivity contribution in [2.75, 3.05) is 0 Å². The number of hydrogen-bond acceptors (Lipinski definition) is 2. The van der Waals surface area contributed by atoms with E-state index in [1.165, 1.54) is 37.7 Å². The fourth-order valence-electron chi connectivity index (χ4n) is 2.55. The van der Waals surface area contributed by atoms with Gasteiger partial charge >= 0.3 is 0 Å². The molecule has 16 heavy (non-hydrogen) atoms. The van der Waals surface area contributed by atoms with Crippen molar-refractivity contribution in [1.82, 2.24) is 0 Å². The minimum Gasteiger partial charge on any atom is -0.324 e. The molecule has 1 atom stereocenters. The summed E-state index contributed by atoms with van der Waals surface area (Å²) in [7, 11) is 0. The van der Waals surface area contributed by atoms with Crippen LogP contribution in [0.2, 0.25) is 0 Å². The lowest BCUT2D eigenvalue weighted by atomic mass is 9.81. The van der Waals surface area contributed by atoms with Crippen LogP contribution in [0.15, 0.2) is 24.3 Å². The van der Waals surface area contributed by atoms with E-state index in [1.54, 1.807) is 0 Å². The molecular weight excluding hydrogens is 196 g/mol. The van der Waals surface area contributed by atoms with E-state index >= 15 is 0 Å². The molecule has 2 nitrogen and oxygen atoms in total. The van der Waals surface area contributed by atoms with Crippen LogP contribution in [0.25, 0.3) is 0 Å². The van der Waals surface area contributed by atoms with Crippen LogP contribution in [0.4, 0.5) is 0 Å². The maximum Gasteiger partial charge on any atom is 0.0991 e. The fraction of sp³-hybridized carbons (Fsp3) is 0.500. The van der Waals surface area contributed by atoms with Crippen LogP contribution in [-0.4, -0.2) is 0 Å². The molecule has 2 rings (SSSR count). The van der Waals surface area contributed by atoms with Gasteiger partial charge in [-0.1, -0.05) is 31.4 Å². The van der Waals surface area contributed by atoms with E-state index in [2.05, 4.69) is 6.07 Å². The molecule has 84 valence electrons. The first kappa shape index (κ1) is 11.2. The quantitative estimate of drug-likeness (QED) is 0.822. The molecule has 1 aromatic carbocycles. The molecule has 0 amide bonds. The largest absolute Gasteiger partial charge is 0.324 e. The molecule has 0 radical (unpaired) electrons. The first-order chi connectivity index (χ1) is 7.81. The second-order valence-corrected chi connectivity index (χ2v) is 4.66. The van der Waals surface area contributed by atoms with Gasteiger partial charge in [0.05, 0.1) is 11.6 Å². The van der Waals surface area contributed by atoms with Gasteiger partial charge in [-0.05, 0) is 36.5 Å². The highest BCUT2D eigenvalue weighted by Gasteiger charge is 2.21. The lowest BCUT2D eigenvalue weighted by Gasteiger charge is -2.27. The molecule has 2 N–H and O–H groups in total. The fourth-order valence-corrected chi connectivity index (χ4v) is 2.55. The van der Waals surface area contributed by atoms with Crippen molar-refractivity contribution in [3.63, 3.8) is 0 Å². The van der Waals surface area contributed by atoms with Gasteiger partial charge in [-0.2, -0.15) is 5.26 Å². The van der Waals surface area contributed by atoms with E-state index in [4.69, 9.17) is 11.0 Å². The Bertz CT molecular complexity index is 369. The third kappa shape index (κ3) is 2.43. The maximum atomic E-state index is 8.73. The smallest absolute Gasteiger partial charge is 0.0991 e. The predicted molar refractivity (Wildman–Crippen MR) is 64.7 cm³/mol. The molecule has 0 aromatic heterocycles. The van der Waals surface area contributed by atoms with E-state index in [0.717, 1.165) is 0 Å². The average molecular weight is 214 g/mol. The molecule has 1 aromatic rings. The highest BCUT2D eigenvalue weighted by molar-refractivity contribution is 5.33. The summed E-state index contributed by atoms with van der Waals surface area (Å²) < 4.78 is 0. The Morgan fingerprint density at radius 1 is 1.12 bits per heavy atom. The van der Waals surface area contributed by atoms with Crippen molar-refractivity contribution in [3.05, 3.63) is 35.4 Å². The van der Waals surface area contributed by atoms with Crippen LogP contribution < -0.4 is 5.73 Å². The van der Waals surface area contributed by atoms with Crippen LogP contribution in [0, 0.1) is 17.2 Å². The zero-order valence-electron chi connectivity index (χ0n) is 9.52. The molecule has 0 aliphatic heterocycles. The summed E-state index contributed by atoms with van der Waals surface area (Å²) in [6.45, 7) is 0. The van der Waals surface area contributed by atoms with E-state index < -0.39 is 0 Å². The molecule has 0 spiro atoms. The number of benzene rings is 1. The Labute approximate surface area is 97.1 Å². The van der Waals surface area contributed by atoms with Gasteiger partial charge in [0.1, 0.15) is 0 Å². The molecule has 1 fully saturated rings. The second-order valence-electron chi connectivity index (χ2n) is 4.66. The van der Waals surface area contributed by atoms with Crippen LogP contribution in [-0.2, 0) is 0 Å². The third-order valence-corrected chi connectivity index (χ3v) is 3.58. The molecule has 0 unspecified atom stereocenters. The summed E-state index contributed by atoms with van der Waals surface area (Å²) in [5.41, 5.74) is 8.16. The van der Waals surface area contributed by atoms with E-state index in [0.29, 0.717) is 11.5 Å². The lowest BCUT2D eigenvalue weighted by Crippen LogP contribution is -2.23. The van der Waals surface area contributed by atoms with Gasteiger partial charge in [-0.25, -0.2) is 0 Å². The highest BCUT2D eigenvalue weighted by atomic mass is 14.7. The SMILES string of the molecule is N#Cc1ccc([C@H](N)C2CCCCC2)cc1. The van der Waals surface area contributed by atoms with Gasteiger partial charge < -0.3 is 5.73 Å². The Kier molecular flexibility index (Phi) is 3.58. The molecule has 0 bridgehead atoms. The van der Waals surface area contributed by atoms with Crippen molar-refractivity contribution in [1.29, 1.82) is 5.26 Å². The van der Waals surface area contributed by atoms with Crippen LogP contribution in [0.3, 0.4) is 0 Å². The molecule has 1 saturated carbocycles. The third-order valence-electron chi connectivity index (χ3n) is 3.58.